The highest BCUT2D eigenvalue weighted by Gasteiger charge is 2.05. The fraction of sp³-hybridized carbons (Fsp3) is 0. The topological polar surface area (TPSA) is 0 Å². The van der Waals surface area contributed by atoms with E-state index in [9.17, 15) is 0 Å². The lowest BCUT2D eigenvalue weighted by Gasteiger charge is -1.87. The minimum atomic E-state index is 1.13. The Morgan fingerprint density at radius 2 is 2.08 bits per heavy atom. The standard InChI is InChI=1S/C10H6BrClS/c11-10-7-3-1-2-4-8(7)13-9(10)5-6-12/h1-6H. The maximum absolute atomic E-state index is 5.54. The van der Waals surface area contributed by atoms with E-state index in [2.05, 4.69) is 28.1 Å². The summed E-state index contributed by atoms with van der Waals surface area (Å²) in [6.07, 6.45) is 1.90. The molecule has 0 amide bonds. The molecule has 1 heterocycles. The minimum absolute atomic E-state index is 1.13. The Morgan fingerprint density at radius 1 is 1.31 bits per heavy atom. The third kappa shape index (κ3) is 1.66. The van der Waals surface area contributed by atoms with Crippen LogP contribution in [-0.4, -0.2) is 0 Å². The summed E-state index contributed by atoms with van der Waals surface area (Å²) in [6.45, 7) is 0. The maximum Gasteiger partial charge on any atom is 0.0434 e. The first-order chi connectivity index (χ1) is 6.33. The van der Waals surface area contributed by atoms with E-state index < -0.39 is 0 Å². The first kappa shape index (κ1) is 9.25. The lowest BCUT2D eigenvalue weighted by atomic mass is 10.2. The van der Waals surface area contributed by atoms with E-state index in [-0.39, 0.29) is 0 Å². The highest BCUT2D eigenvalue weighted by Crippen LogP contribution is 2.36. The second-order valence-corrected chi connectivity index (χ2v) is 4.70. The largest absolute Gasteiger partial charge is 0.135 e. The van der Waals surface area contributed by atoms with E-state index in [0.29, 0.717) is 0 Å². The van der Waals surface area contributed by atoms with E-state index in [0.717, 1.165) is 9.35 Å². The smallest absolute Gasteiger partial charge is 0.0434 e. The van der Waals surface area contributed by atoms with Gasteiger partial charge in [-0.25, -0.2) is 0 Å². The molecule has 3 heteroatoms. The van der Waals surface area contributed by atoms with Gasteiger partial charge in [-0.1, -0.05) is 29.8 Å². The second-order valence-electron chi connectivity index (χ2n) is 2.57. The van der Waals surface area contributed by atoms with Crippen LogP contribution in [0.1, 0.15) is 4.88 Å². The average molecular weight is 274 g/mol. The average Bonchev–Trinajstić information content (AvgIpc) is 2.46. The van der Waals surface area contributed by atoms with Crippen molar-refractivity contribution in [3.05, 3.63) is 39.2 Å². The summed E-state index contributed by atoms with van der Waals surface area (Å²) in [4.78, 5) is 1.16. The van der Waals surface area contributed by atoms with Crippen LogP contribution in [-0.2, 0) is 0 Å². The molecule has 0 unspecified atom stereocenters. The van der Waals surface area contributed by atoms with E-state index in [1.807, 2.05) is 18.2 Å². The number of thiophene rings is 1. The molecule has 0 spiro atoms. The molecule has 1 aromatic carbocycles. The van der Waals surface area contributed by atoms with Crippen molar-refractivity contribution in [2.75, 3.05) is 0 Å². The van der Waals surface area contributed by atoms with Gasteiger partial charge in [0.15, 0.2) is 0 Å². The zero-order chi connectivity index (χ0) is 9.26. The van der Waals surface area contributed by atoms with Gasteiger partial charge < -0.3 is 0 Å². The van der Waals surface area contributed by atoms with E-state index in [1.54, 1.807) is 11.3 Å². The van der Waals surface area contributed by atoms with Gasteiger partial charge in [-0.2, -0.15) is 0 Å². The molecule has 13 heavy (non-hydrogen) atoms. The molecule has 0 nitrogen and oxygen atoms in total. The fourth-order valence-electron chi connectivity index (χ4n) is 1.20. The SMILES string of the molecule is ClC=Cc1sc2ccccc2c1Br. The van der Waals surface area contributed by atoms with Gasteiger partial charge in [0.05, 0.1) is 0 Å². The normalized spacial score (nSPS) is 11.5. The van der Waals surface area contributed by atoms with E-state index >= 15 is 0 Å². The fourth-order valence-corrected chi connectivity index (χ4v) is 3.25. The summed E-state index contributed by atoms with van der Waals surface area (Å²) >= 11 is 10.8. The van der Waals surface area contributed by atoms with Gasteiger partial charge >= 0.3 is 0 Å². The first-order valence-electron chi connectivity index (χ1n) is 3.76. The molecular formula is C10H6BrClS. The summed E-state index contributed by atoms with van der Waals surface area (Å²) in [5.74, 6) is 0. The first-order valence-corrected chi connectivity index (χ1v) is 5.81. The predicted molar refractivity (Wildman–Crippen MR) is 64.4 cm³/mol. The summed E-state index contributed by atoms with van der Waals surface area (Å²) in [6, 6.07) is 8.28. The Kier molecular flexibility index (Phi) is 2.72. The van der Waals surface area contributed by atoms with Crippen LogP contribution in [0.15, 0.2) is 34.3 Å². The summed E-state index contributed by atoms with van der Waals surface area (Å²) < 4.78 is 2.41. The van der Waals surface area contributed by atoms with Crippen molar-refractivity contribution in [1.29, 1.82) is 0 Å². The van der Waals surface area contributed by atoms with Gasteiger partial charge in [-0.15, -0.1) is 11.3 Å². The van der Waals surface area contributed by atoms with Crippen LogP contribution < -0.4 is 0 Å². The molecule has 0 bridgehead atoms. The number of halogens is 2. The third-order valence-corrected chi connectivity index (χ3v) is 4.15. The number of rotatable bonds is 1. The van der Waals surface area contributed by atoms with Gasteiger partial charge in [-0.05, 0) is 28.1 Å². The summed E-state index contributed by atoms with van der Waals surface area (Å²) in [5, 5.41) is 1.25. The number of hydrogen-bond donors (Lipinski definition) is 0. The Labute approximate surface area is 94.0 Å². The maximum atomic E-state index is 5.54. The zero-order valence-electron chi connectivity index (χ0n) is 6.63. The summed E-state index contributed by atoms with van der Waals surface area (Å²) in [5.41, 5.74) is 1.54. The van der Waals surface area contributed by atoms with Crippen LogP contribution >= 0.6 is 38.9 Å². The van der Waals surface area contributed by atoms with Crippen LogP contribution in [0.4, 0.5) is 0 Å². The Morgan fingerprint density at radius 3 is 2.77 bits per heavy atom. The van der Waals surface area contributed by atoms with Crippen molar-refractivity contribution in [2.24, 2.45) is 0 Å². The van der Waals surface area contributed by atoms with Crippen LogP contribution in [0, 0.1) is 0 Å². The number of fused-ring (bicyclic) bond motifs is 1. The van der Waals surface area contributed by atoms with Crippen molar-refractivity contribution in [3.8, 4) is 0 Å². The minimum Gasteiger partial charge on any atom is -0.135 e. The molecule has 66 valence electrons. The molecule has 0 aliphatic carbocycles. The van der Waals surface area contributed by atoms with Crippen molar-refractivity contribution in [2.45, 2.75) is 0 Å². The molecule has 1 aromatic heterocycles. The van der Waals surface area contributed by atoms with Crippen LogP contribution in [0.5, 0.6) is 0 Å². The molecule has 0 aliphatic heterocycles. The molecule has 0 radical (unpaired) electrons. The Balaban J connectivity index is 2.73. The lowest BCUT2D eigenvalue weighted by molar-refractivity contribution is 1.82. The van der Waals surface area contributed by atoms with Crippen molar-refractivity contribution >= 4 is 55.0 Å². The number of benzene rings is 1. The molecule has 0 saturated heterocycles. The molecule has 0 saturated carbocycles. The summed E-state index contributed by atoms with van der Waals surface area (Å²) in [7, 11) is 0. The molecule has 2 aromatic rings. The molecular weight excluding hydrogens is 268 g/mol. The van der Waals surface area contributed by atoms with Crippen LogP contribution in [0.25, 0.3) is 16.2 Å². The molecule has 0 N–H and O–H groups in total. The lowest BCUT2D eigenvalue weighted by Crippen LogP contribution is -1.63. The highest BCUT2D eigenvalue weighted by molar-refractivity contribution is 9.10. The van der Waals surface area contributed by atoms with Gasteiger partial charge in [0.2, 0.25) is 0 Å². The van der Waals surface area contributed by atoms with Gasteiger partial charge in [-0.3, -0.25) is 0 Å². The number of hydrogen-bond acceptors (Lipinski definition) is 1. The van der Waals surface area contributed by atoms with Crippen molar-refractivity contribution < 1.29 is 0 Å². The van der Waals surface area contributed by atoms with Gasteiger partial charge in [0, 0.05) is 25.0 Å². The van der Waals surface area contributed by atoms with Crippen LogP contribution in [0.3, 0.4) is 0 Å². The molecule has 2 rings (SSSR count). The van der Waals surface area contributed by atoms with Crippen molar-refractivity contribution in [3.63, 3.8) is 0 Å². The van der Waals surface area contributed by atoms with Gasteiger partial charge in [0.25, 0.3) is 0 Å². The van der Waals surface area contributed by atoms with Crippen molar-refractivity contribution in [1.82, 2.24) is 0 Å². The predicted octanol–water partition coefficient (Wildman–Crippen LogP) is 4.87. The second kappa shape index (κ2) is 3.82. The third-order valence-electron chi connectivity index (χ3n) is 1.77. The Bertz CT molecular complexity index is 459. The zero-order valence-corrected chi connectivity index (χ0v) is 9.79. The van der Waals surface area contributed by atoms with Gasteiger partial charge in [0.1, 0.15) is 0 Å². The molecule has 0 fully saturated rings. The molecule has 0 aliphatic rings. The molecule has 0 atom stereocenters. The van der Waals surface area contributed by atoms with E-state index in [4.69, 9.17) is 11.6 Å². The Hall–Kier alpha value is -0.310. The van der Waals surface area contributed by atoms with Crippen LogP contribution in [0.2, 0.25) is 0 Å². The van der Waals surface area contributed by atoms with E-state index in [1.165, 1.54) is 15.6 Å². The highest BCUT2D eigenvalue weighted by atomic mass is 79.9. The quantitative estimate of drug-likeness (QED) is 0.695. The monoisotopic (exact) mass is 272 g/mol.